The number of allylic oxidation sites excluding steroid dienone is 2. The third kappa shape index (κ3) is 2.53. The molecule has 0 spiro atoms. The fourth-order valence-electron chi connectivity index (χ4n) is 3.73. The lowest BCUT2D eigenvalue weighted by Crippen LogP contribution is -2.54. The zero-order chi connectivity index (χ0) is 17.5. The van der Waals surface area contributed by atoms with Crippen LogP contribution in [0, 0.1) is 0 Å². The molecule has 2 N–H and O–H groups in total. The molecule has 2 aliphatic heterocycles. The Morgan fingerprint density at radius 2 is 2.08 bits per heavy atom. The fraction of sp³-hybridized carbons (Fsp3) is 0.529. The van der Waals surface area contributed by atoms with Gasteiger partial charge in [-0.1, -0.05) is 0 Å². The van der Waals surface area contributed by atoms with Crippen LogP contribution in [0.1, 0.15) is 20.3 Å². The lowest BCUT2D eigenvalue weighted by Gasteiger charge is -2.48. The Kier molecular flexibility index (Phi) is 4.21. The summed E-state index contributed by atoms with van der Waals surface area (Å²) < 4.78 is 14.7. The lowest BCUT2D eigenvalue weighted by molar-refractivity contribution is -0.134. The van der Waals surface area contributed by atoms with Crippen LogP contribution in [0.4, 0.5) is 4.39 Å². The number of nitrogens with zero attached hydrogens (tertiary/aromatic N) is 2. The molecular weight excluding hydrogens is 313 g/mol. The Labute approximate surface area is 140 Å². The first-order valence-electron chi connectivity index (χ1n) is 8.21. The number of likely N-dealkylation sites (N-methyl/N-ethyl adjacent to an activating group) is 1. The number of fused-ring (bicyclic) bond motifs is 1. The van der Waals surface area contributed by atoms with Crippen molar-refractivity contribution in [2.24, 2.45) is 0 Å². The predicted molar refractivity (Wildman–Crippen MR) is 86.8 cm³/mol. The van der Waals surface area contributed by atoms with Crippen molar-refractivity contribution < 1.29 is 19.1 Å². The van der Waals surface area contributed by atoms with Gasteiger partial charge in [-0.2, -0.15) is 0 Å². The maximum absolute atomic E-state index is 14.7. The molecule has 1 atom stereocenters. The highest BCUT2D eigenvalue weighted by Crippen LogP contribution is 2.43. The Bertz CT molecular complexity index is 677. The molecule has 6 nitrogen and oxygen atoms in total. The number of piperazine rings is 1. The second-order valence-electron chi connectivity index (χ2n) is 6.50. The van der Waals surface area contributed by atoms with Crippen LogP contribution in [0.2, 0.25) is 0 Å². The van der Waals surface area contributed by atoms with Gasteiger partial charge < -0.3 is 20.2 Å². The highest BCUT2D eigenvalue weighted by molar-refractivity contribution is 6.25. The first kappa shape index (κ1) is 16.7. The van der Waals surface area contributed by atoms with E-state index >= 15 is 0 Å². The minimum atomic E-state index is -1.28. The smallest absolute Gasteiger partial charge is 0.341 e. The first-order valence-corrected chi connectivity index (χ1v) is 8.21. The van der Waals surface area contributed by atoms with Crippen LogP contribution in [0.15, 0.2) is 34.9 Å². The molecule has 0 amide bonds. The summed E-state index contributed by atoms with van der Waals surface area (Å²) in [4.78, 5) is 27.7. The molecule has 0 aromatic carbocycles. The molecule has 1 unspecified atom stereocenters. The minimum Gasteiger partial charge on any atom is -0.477 e. The highest BCUT2D eigenvalue weighted by atomic mass is 19.1. The molecule has 3 aliphatic rings. The van der Waals surface area contributed by atoms with Gasteiger partial charge in [-0.25, -0.2) is 9.18 Å². The average molecular weight is 335 g/mol. The van der Waals surface area contributed by atoms with E-state index in [0.29, 0.717) is 18.7 Å². The van der Waals surface area contributed by atoms with E-state index in [-0.39, 0.29) is 11.1 Å². The first-order chi connectivity index (χ1) is 11.4. The second kappa shape index (κ2) is 6.05. The van der Waals surface area contributed by atoms with E-state index in [1.807, 2.05) is 23.6 Å². The van der Waals surface area contributed by atoms with Gasteiger partial charge in [-0.15, -0.1) is 0 Å². The van der Waals surface area contributed by atoms with Crippen LogP contribution in [0.25, 0.3) is 0 Å². The number of nitrogens with one attached hydrogen (secondary N) is 1. The van der Waals surface area contributed by atoms with E-state index in [9.17, 15) is 19.1 Å². The number of carbonyl (C=O) groups excluding carboxylic acids is 1. The molecular formula is C17H22FN3O3. The van der Waals surface area contributed by atoms with Crippen molar-refractivity contribution in [3.63, 3.8) is 0 Å². The number of carboxylic acids is 1. The Morgan fingerprint density at radius 1 is 1.42 bits per heavy atom. The van der Waals surface area contributed by atoms with Crippen molar-refractivity contribution >= 4 is 11.8 Å². The van der Waals surface area contributed by atoms with Gasteiger partial charge in [0.25, 0.3) is 0 Å². The number of carboxylic acid groups (broad SMARTS) is 1. The fourth-order valence-corrected chi connectivity index (χ4v) is 3.73. The van der Waals surface area contributed by atoms with Crippen molar-refractivity contribution in [1.29, 1.82) is 0 Å². The molecule has 3 rings (SSSR count). The molecule has 0 bridgehead atoms. The SMILES string of the molecule is CCN1C=C(C(=O)O)C(=O)C2=CC(F)=C(N3CCNCC3)CC21C. The van der Waals surface area contributed by atoms with Crippen molar-refractivity contribution in [3.05, 3.63) is 34.9 Å². The number of ketones is 1. The van der Waals surface area contributed by atoms with Crippen LogP contribution in [0.5, 0.6) is 0 Å². The normalized spacial score (nSPS) is 27.7. The largest absolute Gasteiger partial charge is 0.477 e. The van der Waals surface area contributed by atoms with E-state index in [4.69, 9.17) is 0 Å². The van der Waals surface area contributed by atoms with Crippen LogP contribution in [-0.4, -0.2) is 64.9 Å². The van der Waals surface area contributed by atoms with Gasteiger partial charge in [-0.3, -0.25) is 4.79 Å². The summed E-state index contributed by atoms with van der Waals surface area (Å²) in [7, 11) is 0. The minimum absolute atomic E-state index is 0.223. The molecule has 1 saturated heterocycles. The van der Waals surface area contributed by atoms with Gasteiger partial charge in [0.05, 0.1) is 11.2 Å². The maximum atomic E-state index is 14.7. The summed E-state index contributed by atoms with van der Waals surface area (Å²) in [6.45, 7) is 7.34. The van der Waals surface area contributed by atoms with Crippen LogP contribution in [-0.2, 0) is 9.59 Å². The third-order valence-electron chi connectivity index (χ3n) is 5.12. The Morgan fingerprint density at radius 3 is 2.67 bits per heavy atom. The second-order valence-corrected chi connectivity index (χ2v) is 6.50. The molecule has 0 saturated carbocycles. The number of hydrogen-bond donors (Lipinski definition) is 2. The van der Waals surface area contributed by atoms with Gasteiger partial charge in [0.1, 0.15) is 11.4 Å². The number of Topliss-reactive ketones (excluding diaryl/α,β-unsaturated/α-hetero) is 1. The molecule has 1 aliphatic carbocycles. The summed E-state index contributed by atoms with van der Waals surface area (Å²) in [6.07, 6.45) is 3.00. The molecule has 0 aromatic heterocycles. The standard InChI is InChI=1S/C17H22FN3O3/c1-3-21-10-11(16(23)24)15(22)12-8-13(18)14(9-17(12,21)2)20-6-4-19-5-7-20/h8,10,19H,3-7,9H2,1-2H3,(H,23,24). The van der Waals surface area contributed by atoms with E-state index in [1.165, 1.54) is 12.3 Å². The zero-order valence-corrected chi connectivity index (χ0v) is 13.9. The van der Waals surface area contributed by atoms with E-state index in [0.717, 1.165) is 26.2 Å². The summed E-state index contributed by atoms with van der Waals surface area (Å²) in [5.41, 5.74) is -0.207. The Hall–Kier alpha value is -2.15. The number of aliphatic carboxylic acids is 1. The molecule has 0 radical (unpaired) electrons. The van der Waals surface area contributed by atoms with Gasteiger partial charge in [-0.05, 0) is 19.9 Å². The molecule has 7 heteroatoms. The topological polar surface area (TPSA) is 72.9 Å². The summed E-state index contributed by atoms with van der Waals surface area (Å²) in [5, 5.41) is 12.5. The molecule has 0 aromatic rings. The number of carbonyl (C=O) groups is 2. The van der Waals surface area contributed by atoms with E-state index in [2.05, 4.69) is 5.32 Å². The average Bonchev–Trinajstić information content (AvgIpc) is 2.56. The highest BCUT2D eigenvalue weighted by Gasteiger charge is 2.47. The number of hydrogen-bond acceptors (Lipinski definition) is 5. The molecule has 2 heterocycles. The van der Waals surface area contributed by atoms with Gasteiger partial charge in [0.2, 0.25) is 0 Å². The third-order valence-corrected chi connectivity index (χ3v) is 5.12. The maximum Gasteiger partial charge on any atom is 0.341 e. The summed E-state index contributed by atoms with van der Waals surface area (Å²) in [5.74, 6) is -2.30. The van der Waals surface area contributed by atoms with Crippen molar-refractivity contribution in [2.45, 2.75) is 25.8 Å². The van der Waals surface area contributed by atoms with Crippen LogP contribution < -0.4 is 5.32 Å². The summed E-state index contributed by atoms with van der Waals surface area (Å²) in [6, 6.07) is 0. The number of rotatable bonds is 3. The summed E-state index contributed by atoms with van der Waals surface area (Å²) >= 11 is 0. The van der Waals surface area contributed by atoms with Gasteiger partial charge in [0, 0.05) is 50.9 Å². The quantitative estimate of drug-likeness (QED) is 0.751. The monoisotopic (exact) mass is 335 g/mol. The molecule has 130 valence electrons. The van der Waals surface area contributed by atoms with Crippen LogP contribution in [0.3, 0.4) is 0 Å². The Balaban J connectivity index is 2.05. The zero-order valence-electron chi connectivity index (χ0n) is 13.9. The van der Waals surface area contributed by atoms with Crippen molar-refractivity contribution in [2.75, 3.05) is 32.7 Å². The molecule has 24 heavy (non-hydrogen) atoms. The van der Waals surface area contributed by atoms with Crippen LogP contribution >= 0.6 is 0 Å². The van der Waals surface area contributed by atoms with E-state index < -0.39 is 23.1 Å². The number of halogens is 1. The predicted octanol–water partition coefficient (Wildman–Crippen LogP) is 1.03. The van der Waals surface area contributed by atoms with E-state index in [1.54, 1.807) is 0 Å². The van der Waals surface area contributed by atoms with Gasteiger partial charge in [0.15, 0.2) is 5.78 Å². The van der Waals surface area contributed by atoms with Gasteiger partial charge >= 0.3 is 5.97 Å². The van der Waals surface area contributed by atoms with Crippen molar-refractivity contribution in [1.82, 2.24) is 15.1 Å². The molecule has 1 fully saturated rings. The van der Waals surface area contributed by atoms with Crippen molar-refractivity contribution in [3.8, 4) is 0 Å². The lowest BCUT2D eigenvalue weighted by atomic mass is 9.75.